The molecule has 0 amide bonds. The Labute approximate surface area is 313 Å². The molecule has 0 spiro atoms. The second-order valence-electron chi connectivity index (χ2n) is 18.7. The summed E-state index contributed by atoms with van der Waals surface area (Å²) in [5, 5.41) is 11.6. The van der Waals surface area contributed by atoms with Crippen molar-refractivity contribution in [2.45, 2.75) is 134 Å². The summed E-state index contributed by atoms with van der Waals surface area (Å²) in [6.45, 7) is 44.7. The third kappa shape index (κ3) is 24.2. The van der Waals surface area contributed by atoms with Crippen LogP contribution in [0.5, 0.6) is 0 Å². The minimum Gasteiger partial charge on any atom is -0.379 e. The fourth-order valence-electron chi connectivity index (χ4n) is 4.25. The summed E-state index contributed by atoms with van der Waals surface area (Å²) in [5.41, 5.74) is 3.09. The summed E-state index contributed by atoms with van der Waals surface area (Å²) in [4.78, 5) is 19.2. The zero-order valence-electron chi connectivity index (χ0n) is 35.9. The van der Waals surface area contributed by atoms with Gasteiger partial charge in [-0.15, -0.1) is 5.10 Å². The van der Waals surface area contributed by atoms with E-state index in [0.717, 1.165) is 50.4 Å². The smallest absolute Gasteiger partial charge is 0.135 e. The lowest BCUT2D eigenvalue weighted by Crippen LogP contribution is -2.51. The van der Waals surface area contributed by atoms with Crippen LogP contribution in [-0.2, 0) is 15.1 Å². The molecule has 2 saturated heterocycles. The first-order valence-corrected chi connectivity index (χ1v) is 18.7. The molecule has 2 aliphatic rings. The van der Waals surface area contributed by atoms with Crippen LogP contribution in [0.4, 0.5) is 0 Å². The minimum absolute atomic E-state index is 0.00387. The molecule has 3 aromatic rings. The monoisotopic (exact) mass is 712 g/mol. The number of pyridine rings is 1. The van der Waals surface area contributed by atoms with Crippen LogP contribution in [-0.4, -0.2) is 99.1 Å². The van der Waals surface area contributed by atoms with Gasteiger partial charge in [0.2, 0.25) is 0 Å². The van der Waals surface area contributed by atoms with E-state index in [-0.39, 0.29) is 16.7 Å². The average Bonchev–Trinajstić information content (AvgIpc) is 3.47. The van der Waals surface area contributed by atoms with Crippen molar-refractivity contribution in [3.63, 3.8) is 0 Å². The van der Waals surface area contributed by atoms with E-state index in [2.05, 4.69) is 120 Å². The fraction of sp³-hybridized carbons (Fsp3) is 0.714. The average molecular weight is 712 g/mol. The van der Waals surface area contributed by atoms with Crippen LogP contribution in [0.15, 0.2) is 54.9 Å². The Morgan fingerprint density at radius 2 is 1.08 bits per heavy atom. The number of rotatable bonds is 0. The van der Waals surface area contributed by atoms with E-state index in [1.807, 2.05) is 67.9 Å². The van der Waals surface area contributed by atoms with Gasteiger partial charge in [-0.3, -0.25) is 19.6 Å². The van der Waals surface area contributed by atoms with Gasteiger partial charge in [-0.2, -0.15) is 0 Å². The highest BCUT2D eigenvalue weighted by molar-refractivity contribution is 5.80. The summed E-state index contributed by atoms with van der Waals surface area (Å²) in [5.74, 6) is 0.243. The molecule has 2 aliphatic heterocycles. The summed E-state index contributed by atoms with van der Waals surface area (Å²) in [7, 11) is 0. The Morgan fingerprint density at radius 1 is 0.647 bits per heavy atom. The first-order valence-electron chi connectivity index (χ1n) is 18.7. The number of carbonyl (C=O) groups is 1. The maximum Gasteiger partial charge on any atom is 0.135 e. The number of benzene rings is 1. The SMILES string of the molecule is CC(=O)C(C)(C)C.CC(C)(C)C.CC(C)(C)N1CCNCC1.CC(C)(C)N1CCOCC1.CC(C)(C)n1nnc2ccccc21.c1ccncc1. The third-order valence-corrected chi connectivity index (χ3v) is 7.64. The molecule has 292 valence electrons. The standard InChI is InChI=1S/C10H13N3.C8H18N2.C8H17NO.C6H12O.C5H5N.C5H12/c1-10(2,3)13-9-7-5-4-6-8(9)11-12-13;1-8(2,3)10-6-4-9-5-7-10;1-8(2,3)9-4-6-10-7-5-9;1-5(7)6(2,3)4;1-2-4-6-5-3-1;1-5(2,3)4/h4-7H,1-3H3;9H,4-7H2,1-3H3;4-7H2,1-3H3;1-4H3;1-5H;1-4H3. The molecule has 0 unspecified atom stereocenters. The van der Waals surface area contributed by atoms with Crippen molar-refractivity contribution in [3.8, 4) is 0 Å². The van der Waals surface area contributed by atoms with E-state index in [9.17, 15) is 4.79 Å². The number of carbonyl (C=O) groups excluding carboxylic acids is 1. The molecule has 0 radical (unpaired) electrons. The summed E-state index contributed by atoms with van der Waals surface area (Å²) >= 11 is 0. The molecule has 2 fully saturated rings. The van der Waals surface area contributed by atoms with Crippen LogP contribution in [0, 0.1) is 10.8 Å². The number of aromatic nitrogens is 4. The van der Waals surface area contributed by atoms with E-state index >= 15 is 0 Å². The summed E-state index contributed by atoms with van der Waals surface area (Å²) in [6.07, 6.45) is 3.50. The first kappa shape index (κ1) is 48.3. The summed E-state index contributed by atoms with van der Waals surface area (Å²) in [6, 6.07) is 13.7. The highest BCUT2D eigenvalue weighted by Crippen LogP contribution is 2.19. The highest BCUT2D eigenvalue weighted by atomic mass is 16.5. The Balaban J connectivity index is 0.000000606. The van der Waals surface area contributed by atoms with Crippen molar-refractivity contribution in [1.29, 1.82) is 0 Å². The minimum atomic E-state index is -0.139. The fourth-order valence-corrected chi connectivity index (χ4v) is 4.25. The largest absolute Gasteiger partial charge is 0.379 e. The predicted octanol–water partition coefficient (Wildman–Crippen LogP) is 8.75. The van der Waals surface area contributed by atoms with Crippen molar-refractivity contribution in [1.82, 2.24) is 35.1 Å². The van der Waals surface area contributed by atoms with Gasteiger partial charge >= 0.3 is 0 Å². The lowest BCUT2D eigenvalue weighted by molar-refractivity contribution is -0.124. The maximum atomic E-state index is 10.5. The number of morpholine rings is 1. The number of piperazine rings is 1. The molecule has 0 bridgehead atoms. The highest BCUT2D eigenvalue weighted by Gasteiger charge is 2.23. The van der Waals surface area contributed by atoms with Crippen molar-refractivity contribution in [3.05, 3.63) is 54.9 Å². The van der Waals surface area contributed by atoms with Crippen molar-refractivity contribution in [2.24, 2.45) is 10.8 Å². The first-order chi connectivity index (χ1) is 23.2. The van der Waals surface area contributed by atoms with Gasteiger partial charge in [-0.25, -0.2) is 4.68 Å². The molecule has 51 heavy (non-hydrogen) atoms. The molecule has 4 heterocycles. The van der Waals surface area contributed by atoms with Crippen LogP contribution in [0.1, 0.15) is 118 Å². The van der Waals surface area contributed by atoms with Crippen LogP contribution in [0.25, 0.3) is 11.0 Å². The Bertz CT molecular complexity index is 1250. The van der Waals surface area contributed by atoms with Gasteiger partial charge in [0.25, 0.3) is 0 Å². The van der Waals surface area contributed by atoms with E-state index in [1.54, 1.807) is 19.3 Å². The number of nitrogens with one attached hydrogen (secondary N) is 1. The van der Waals surface area contributed by atoms with Crippen LogP contribution < -0.4 is 5.32 Å². The van der Waals surface area contributed by atoms with Gasteiger partial charge in [0.1, 0.15) is 11.3 Å². The van der Waals surface area contributed by atoms with E-state index in [1.165, 1.54) is 13.1 Å². The van der Waals surface area contributed by atoms with Gasteiger partial charge in [-0.05, 0) is 98.9 Å². The van der Waals surface area contributed by atoms with Gasteiger partial charge < -0.3 is 10.1 Å². The van der Waals surface area contributed by atoms with E-state index in [4.69, 9.17) is 4.74 Å². The second-order valence-corrected chi connectivity index (χ2v) is 18.7. The molecule has 0 saturated carbocycles. The number of Topliss-reactive ketones (excluding diaryl/α,β-unsaturated/α-hetero) is 1. The number of ether oxygens (including phenoxy) is 1. The lowest BCUT2D eigenvalue weighted by atomic mass is 9.92. The van der Waals surface area contributed by atoms with Crippen LogP contribution in [0.2, 0.25) is 0 Å². The number of fused-ring (bicyclic) bond motifs is 1. The maximum absolute atomic E-state index is 10.5. The number of hydrogen-bond acceptors (Lipinski definition) is 8. The number of ketones is 1. The quantitative estimate of drug-likeness (QED) is 0.248. The molecule has 2 aromatic heterocycles. The van der Waals surface area contributed by atoms with Crippen molar-refractivity contribution >= 4 is 16.8 Å². The molecular weight excluding hydrogens is 635 g/mol. The zero-order valence-corrected chi connectivity index (χ0v) is 35.9. The predicted molar refractivity (Wildman–Crippen MR) is 218 cm³/mol. The molecular formula is C42H77N7O2. The van der Waals surface area contributed by atoms with Crippen LogP contribution >= 0.6 is 0 Å². The Hall–Kier alpha value is -2.72. The molecule has 9 nitrogen and oxygen atoms in total. The molecule has 1 aromatic carbocycles. The molecule has 9 heteroatoms. The zero-order chi connectivity index (χ0) is 39.5. The van der Waals surface area contributed by atoms with E-state index in [0.29, 0.717) is 16.5 Å². The third-order valence-electron chi connectivity index (χ3n) is 7.64. The van der Waals surface area contributed by atoms with Gasteiger partial charge in [0, 0.05) is 68.2 Å². The molecule has 1 N–H and O–H groups in total. The Morgan fingerprint density at radius 3 is 1.39 bits per heavy atom. The van der Waals surface area contributed by atoms with Gasteiger partial charge in [-0.1, -0.05) is 71.9 Å². The van der Waals surface area contributed by atoms with Crippen LogP contribution in [0.3, 0.4) is 0 Å². The lowest BCUT2D eigenvalue weighted by Gasteiger charge is -2.38. The van der Waals surface area contributed by atoms with Gasteiger partial charge in [0.15, 0.2) is 0 Å². The normalized spacial score (nSPS) is 15.9. The van der Waals surface area contributed by atoms with Crippen molar-refractivity contribution in [2.75, 3.05) is 52.5 Å². The second kappa shape index (κ2) is 22.4. The van der Waals surface area contributed by atoms with E-state index < -0.39 is 0 Å². The number of para-hydroxylation sites is 1. The van der Waals surface area contributed by atoms with Crippen molar-refractivity contribution < 1.29 is 9.53 Å². The molecule has 0 atom stereocenters. The topological polar surface area (TPSA) is 88.4 Å². The number of nitrogens with zero attached hydrogens (tertiary/aromatic N) is 6. The molecule has 5 rings (SSSR count). The summed E-state index contributed by atoms with van der Waals surface area (Å²) < 4.78 is 7.20. The Kier molecular flexibility index (Phi) is 21.2. The molecule has 0 aliphatic carbocycles. The van der Waals surface area contributed by atoms with Gasteiger partial charge in [0.05, 0.1) is 24.3 Å². The number of hydrogen-bond donors (Lipinski definition) is 1.